The molecule has 3 aromatic carbocycles. The van der Waals surface area contributed by atoms with Gasteiger partial charge in [0, 0.05) is 18.1 Å². The van der Waals surface area contributed by atoms with Gasteiger partial charge in [-0.3, -0.25) is 13.9 Å². The molecule has 9 heteroatoms. The van der Waals surface area contributed by atoms with Crippen LogP contribution in [0.5, 0.6) is 0 Å². The first-order valence-corrected chi connectivity index (χ1v) is 15.4. The highest BCUT2D eigenvalue weighted by atomic mass is 35.5. The van der Waals surface area contributed by atoms with Gasteiger partial charge >= 0.3 is 0 Å². The van der Waals surface area contributed by atoms with Crippen LogP contribution in [0.1, 0.15) is 49.8 Å². The number of halogens is 1. The van der Waals surface area contributed by atoms with E-state index in [2.05, 4.69) is 5.32 Å². The Balaban J connectivity index is 2.06. The lowest BCUT2D eigenvalue weighted by Crippen LogP contribution is -2.52. The van der Waals surface area contributed by atoms with Crippen molar-refractivity contribution in [2.24, 2.45) is 0 Å². The van der Waals surface area contributed by atoms with E-state index in [1.807, 2.05) is 52.0 Å². The van der Waals surface area contributed by atoms with Crippen molar-refractivity contribution in [3.63, 3.8) is 0 Å². The average Bonchev–Trinajstić information content (AvgIpc) is 2.94. The molecular formula is C31H38ClN3O4S. The lowest BCUT2D eigenvalue weighted by atomic mass is 10.1. The van der Waals surface area contributed by atoms with E-state index in [0.29, 0.717) is 18.0 Å². The van der Waals surface area contributed by atoms with Crippen LogP contribution >= 0.6 is 11.6 Å². The third-order valence-electron chi connectivity index (χ3n) is 6.87. The molecule has 3 rings (SSSR count). The van der Waals surface area contributed by atoms with Crippen molar-refractivity contribution in [3.8, 4) is 0 Å². The van der Waals surface area contributed by atoms with E-state index in [1.54, 1.807) is 36.4 Å². The first-order chi connectivity index (χ1) is 19.1. The summed E-state index contributed by atoms with van der Waals surface area (Å²) < 4.78 is 28.8. The van der Waals surface area contributed by atoms with E-state index in [4.69, 9.17) is 11.6 Å². The number of nitrogens with zero attached hydrogens (tertiary/aromatic N) is 2. The Morgan fingerprint density at radius 3 is 2.23 bits per heavy atom. The molecule has 0 spiro atoms. The van der Waals surface area contributed by atoms with E-state index in [1.165, 1.54) is 17.0 Å². The summed E-state index contributed by atoms with van der Waals surface area (Å²) in [7, 11) is -4.14. The van der Waals surface area contributed by atoms with Crippen molar-refractivity contribution in [1.29, 1.82) is 0 Å². The minimum Gasteiger partial charge on any atom is -0.354 e. The Morgan fingerprint density at radius 1 is 0.925 bits per heavy atom. The van der Waals surface area contributed by atoms with Crippen molar-refractivity contribution in [2.45, 2.75) is 64.4 Å². The number of aryl methyl sites for hydroxylation is 2. The second kappa shape index (κ2) is 14.3. The molecular weight excluding hydrogens is 546 g/mol. The highest BCUT2D eigenvalue weighted by Crippen LogP contribution is 2.29. The molecule has 0 aliphatic heterocycles. The minimum absolute atomic E-state index is 0.0503. The molecule has 40 heavy (non-hydrogen) atoms. The molecule has 2 amide bonds. The first kappa shape index (κ1) is 31.2. The molecule has 0 aliphatic carbocycles. The SMILES string of the molecule is CCCCNC(=O)C(CC)N(Cc1ccccc1C)C(=O)CN(c1ccc(C)c(Cl)c1)S(=O)(=O)c1ccccc1. The minimum atomic E-state index is -4.14. The Hall–Kier alpha value is -3.36. The highest BCUT2D eigenvalue weighted by Gasteiger charge is 2.33. The first-order valence-electron chi connectivity index (χ1n) is 13.6. The van der Waals surface area contributed by atoms with Crippen molar-refractivity contribution < 1.29 is 18.0 Å². The van der Waals surface area contributed by atoms with E-state index >= 15 is 0 Å². The molecule has 3 aromatic rings. The van der Waals surface area contributed by atoms with E-state index in [0.717, 1.165) is 33.8 Å². The van der Waals surface area contributed by atoms with Crippen molar-refractivity contribution in [2.75, 3.05) is 17.4 Å². The summed E-state index contributed by atoms with van der Waals surface area (Å²) in [6, 6.07) is 19.8. The Labute approximate surface area is 243 Å². The number of rotatable bonds is 13. The molecule has 0 saturated carbocycles. The van der Waals surface area contributed by atoms with Gasteiger partial charge in [-0.2, -0.15) is 0 Å². The molecule has 7 nitrogen and oxygen atoms in total. The Morgan fingerprint density at radius 2 is 1.60 bits per heavy atom. The zero-order chi connectivity index (χ0) is 29.3. The topological polar surface area (TPSA) is 86.8 Å². The van der Waals surface area contributed by atoms with Gasteiger partial charge in [0.2, 0.25) is 11.8 Å². The number of hydrogen-bond donors (Lipinski definition) is 1. The maximum absolute atomic E-state index is 14.1. The summed E-state index contributed by atoms with van der Waals surface area (Å²) in [5.74, 6) is -0.745. The van der Waals surface area contributed by atoms with Crippen LogP contribution in [0.2, 0.25) is 5.02 Å². The highest BCUT2D eigenvalue weighted by molar-refractivity contribution is 7.92. The third-order valence-corrected chi connectivity index (χ3v) is 9.07. The molecule has 0 aliphatic rings. The van der Waals surface area contributed by atoms with E-state index in [9.17, 15) is 18.0 Å². The van der Waals surface area contributed by atoms with Gasteiger partial charge in [-0.15, -0.1) is 0 Å². The molecule has 0 radical (unpaired) electrons. The van der Waals surface area contributed by atoms with Gasteiger partial charge < -0.3 is 10.2 Å². The number of anilines is 1. The van der Waals surface area contributed by atoms with Gasteiger partial charge in [0.25, 0.3) is 10.0 Å². The molecule has 1 N–H and O–H groups in total. The fourth-order valence-electron chi connectivity index (χ4n) is 4.38. The van der Waals surface area contributed by atoms with Crippen LogP contribution in [0.25, 0.3) is 0 Å². The zero-order valence-electron chi connectivity index (χ0n) is 23.6. The second-order valence-corrected chi connectivity index (χ2v) is 12.0. The Bertz CT molecular complexity index is 1410. The molecule has 214 valence electrons. The largest absolute Gasteiger partial charge is 0.354 e. The summed E-state index contributed by atoms with van der Waals surface area (Å²) in [5, 5.41) is 3.33. The van der Waals surface area contributed by atoms with E-state index in [-0.39, 0.29) is 23.0 Å². The van der Waals surface area contributed by atoms with Crippen molar-refractivity contribution in [3.05, 3.63) is 94.5 Å². The van der Waals surface area contributed by atoms with Gasteiger partial charge in [0.05, 0.1) is 10.6 Å². The number of hydrogen-bond acceptors (Lipinski definition) is 4. The lowest BCUT2D eigenvalue weighted by molar-refractivity contribution is -0.140. The van der Waals surface area contributed by atoms with E-state index < -0.39 is 28.5 Å². The van der Waals surface area contributed by atoms with Crippen LogP contribution < -0.4 is 9.62 Å². The molecule has 1 unspecified atom stereocenters. The fraction of sp³-hybridized carbons (Fsp3) is 0.355. The second-order valence-electron chi connectivity index (χ2n) is 9.77. The summed E-state index contributed by atoms with van der Waals surface area (Å²) in [5.41, 5.74) is 2.90. The van der Waals surface area contributed by atoms with Crippen molar-refractivity contribution in [1.82, 2.24) is 10.2 Å². The number of sulfonamides is 1. The predicted octanol–water partition coefficient (Wildman–Crippen LogP) is 5.88. The predicted molar refractivity (Wildman–Crippen MR) is 161 cm³/mol. The molecule has 0 bridgehead atoms. The van der Waals surface area contributed by atoms with Crippen molar-refractivity contribution >= 4 is 39.1 Å². The Kier molecular flexibility index (Phi) is 11.2. The smallest absolute Gasteiger partial charge is 0.264 e. The number of benzene rings is 3. The van der Waals surface area contributed by atoms with Gasteiger partial charge in [-0.05, 0) is 67.6 Å². The van der Waals surface area contributed by atoms with Crippen LogP contribution in [0.3, 0.4) is 0 Å². The summed E-state index contributed by atoms with van der Waals surface area (Å²) in [4.78, 5) is 28.9. The molecule has 0 heterocycles. The summed E-state index contributed by atoms with van der Waals surface area (Å²) in [6.45, 7) is 7.83. The van der Waals surface area contributed by atoms with Gasteiger partial charge in [-0.1, -0.05) is 80.4 Å². The third kappa shape index (κ3) is 7.64. The van der Waals surface area contributed by atoms with Crippen LogP contribution in [0.4, 0.5) is 5.69 Å². The number of carbonyl (C=O) groups excluding carboxylic acids is 2. The number of carbonyl (C=O) groups is 2. The average molecular weight is 584 g/mol. The fourth-order valence-corrected chi connectivity index (χ4v) is 5.98. The monoisotopic (exact) mass is 583 g/mol. The zero-order valence-corrected chi connectivity index (χ0v) is 25.1. The standard InChI is InChI=1S/C31H38ClN3O4S/c1-5-7-19-33-31(37)29(6-2)34(21-25-14-12-11-13-23(25)3)30(36)22-35(26-18-17-24(4)28(32)20-26)40(38,39)27-15-9-8-10-16-27/h8-18,20,29H,5-7,19,21-22H2,1-4H3,(H,33,37). The summed E-state index contributed by atoms with van der Waals surface area (Å²) in [6.07, 6.45) is 2.12. The number of unbranched alkanes of at least 4 members (excludes halogenated alkanes) is 1. The molecule has 0 saturated heterocycles. The number of amides is 2. The molecule has 0 aromatic heterocycles. The van der Waals surface area contributed by atoms with Crippen LogP contribution in [-0.2, 0) is 26.2 Å². The normalized spacial score (nSPS) is 12.0. The van der Waals surface area contributed by atoms with Gasteiger partial charge in [0.15, 0.2) is 0 Å². The maximum atomic E-state index is 14.1. The maximum Gasteiger partial charge on any atom is 0.264 e. The summed E-state index contributed by atoms with van der Waals surface area (Å²) >= 11 is 6.38. The van der Waals surface area contributed by atoms with Crippen LogP contribution in [0.15, 0.2) is 77.7 Å². The lowest BCUT2D eigenvalue weighted by Gasteiger charge is -2.33. The molecule has 1 atom stereocenters. The quantitative estimate of drug-likeness (QED) is 0.255. The van der Waals surface area contributed by atoms with Crippen LogP contribution in [-0.4, -0.2) is 44.3 Å². The molecule has 0 fully saturated rings. The van der Waals surface area contributed by atoms with Crippen LogP contribution in [0, 0.1) is 13.8 Å². The van der Waals surface area contributed by atoms with Gasteiger partial charge in [0.1, 0.15) is 12.6 Å². The van der Waals surface area contributed by atoms with Gasteiger partial charge in [-0.25, -0.2) is 8.42 Å². The number of nitrogens with one attached hydrogen (secondary N) is 1.